The molecule has 0 heterocycles. The number of ether oxygens (including phenoxy) is 1. The molecule has 1 rings (SSSR count). The van der Waals surface area contributed by atoms with Gasteiger partial charge in [-0.2, -0.15) is 4.89 Å². The smallest absolute Gasteiger partial charge is 0.393 e. The first-order chi connectivity index (χ1) is 7.47. The highest BCUT2D eigenvalue weighted by atomic mass is 17.5. The van der Waals surface area contributed by atoms with Crippen LogP contribution >= 0.6 is 0 Å². The van der Waals surface area contributed by atoms with Crippen LogP contribution in [0.15, 0.2) is 30.3 Å². The molecule has 5 heteroatoms. The largest absolute Gasteiger partial charge is 0.548 e. The maximum absolute atomic E-state index is 11.0. The van der Waals surface area contributed by atoms with Crippen LogP contribution in [-0.4, -0.2) is 11.8 Å². The molecule has 0 bridgehead atoms. The lowest BCUT2D eigenvalue weighted by molar-refractivity contribution is -0.513. The Morgan fingerprint density at radius 3 is 2.31 bits per heavy atom. The second kappa shape index (κ2) is 5.48. The molecule has 0 radical (unpaired) electrons. The van der Waals surface area contributed by atoms with Crippen LogP contribution < -0.4 is 4.74 Å². The highest BCUT2D eigenvalue weighted by Gasteiger charge is 2.15. The molecular weight excluding hydrogens is 212 g/mol. The summed E-state index contributed by atoms with van der Waals surface area (Å²) in [4.78, 5) is 20.0. The normalized spacial score (nSPS) is 10.9. The van der Waals surface area contributed by atoms with Crippen molar-refractivity contribution < 1.29 is 24.3 Å². The molecule has 0 atom stereocenters. The topological polar surface area (TPSA) is 54.0 Å². The monoisotopic (exact) mass is 226 g/mol. The Balaban J connectivity index is 2.27. The Hall–Kier alpha value is -1.59. The summed E-state index contributed by atoms with van der Waals surface area (Å²) in [6, 6.07) is 8.50. The second-order valence-corrected chi connectivity index (χ2v) is 4.01. The lowest BCUT2D eigenvalue weighted by atomic mass is 10.2. The average Bonchev–Trinajstić information content (AvgIpc) is 2.17. The fourth-order valence-electron chi connectivity index (χ4n) is 0.749. The van der Waals surface area contributed by atoms with Gasteiger partial charge in [-0.25, -0.2) is 9.68 Å². The van der Waals surface area contributed by atoms with Gasteiger partial charge in [0.2, 0.25) is 0 Å². The molecule has 0 N–H and O–H groups in total. The molecule has 0 saturated heterocycles. The average molecular weight is 226 g/mol. The maximum Gasteiger partial charge on any atom is 0.548 e. The van der Waals surface area contributed by atoms with Gasteiger partial charge in [0.1, 0.15) is 5.75 Å². The number of carbonyl (C=O) groups is 1. The van der Waals surface area contributed by atoms with Crippen molar-refractivity contribution >= 4 is 6.16 Å². The highest BCUT2D eigenvalue weighted by Crippen LogP contribution is 2.10. The number of para-hydroxylation sites is 1. The molecule has 0 fully saturated rings. The number of rotatable bonds is 3. The molecule has 0 aliphatic carbocycles. The zero-order valence-electron chi connectivity index (χ0n) is 9.43. The van der Waals surface area contributed by atoms with Crippen molar-refractivity contribution in [3.8, 4) is 5.75 Å². The molecule has 0 amide bonds. The first kappa shape index (κ1) is 12.5. The van der Waals surface area contributed by atoms with E-state index >= 15 is 0 Å². The van der Waals surface area contributed by atoms with Crippen molar-refractivity contribution in [2.24, 2.45) is 0 Å². The minimum atomic E-state index is -0.990. The van der Waals surface area contributed by atoms with Gasteiger partial charge in [0.15, 0.2) is 0 Å². The van der Waals surface area contributed by atoms with E-state index in [0.717, 1.165) is 0 Å². The SMILES string of the molecule is CC(C)(C)OOOC(=O)Oc1ccccc1. The van der Waals surface area contributed by atoms with E-state index in [0.29, 0.717) is 5.75 Å². The number of carbonyl (C=O) groups excluding carboxylic acids is 1. The van der Waals surface area contributed by atoms with Gasteiger partial charge in [-0.1, -0.05) is 18.2 Å². The van der Waals surface area contributed by atoms with Crippen LogP contribution in [0, 0.1) is 0 Å². The molecule has 88 valence electrons. The molecule has 1 aromatic rings. The Morgan fingerprint density at radius 1 is 1.12 bits per heavy atom. The third-order valence-corrected chi connectivity index (χ3v) is 1.33. The Labute approximate surface area is 93.7 Å². The number of hydrogen-bond acceptors (Lipinski definition) is 5. The summed E-state index contributed by atoms with van der Waals surface area (Å²) in [5.41, 5.74) is -0.562. The molecule has 0 spiro atoms. The van der Waals surface area contributed by atoms with Crippen molar-refractivity contribution in [1.82, 2.24) is 0 Å². The molecule has 1 aromatic carbocycles. The van der Waals surface area contributed by atoms with Gasteiger partial charge in [0.05, 0.1) is 5.60 Å². The molecule has 0 unspecified atom stereocenters. The van der Waals surface area contributed by atoms with Crippen LogP contribution in [0.5, 0.6) is 5.75 Å². The van der Waals surface area contributed by atoms with Gasteiger partial charge in [-0.15, -0.1) is 0 Å². The first-order valence-electron chi connectivity index (χ1n) is 4.76. The van der Waals surface area contributed by atoms with Crippen molar-refractivity contribution in [3.05, 3.63) is 30.3 Å². The molecule has 0 aliphatic heterocycles. The predicted molar refractivity (Wildman–Crippen MR) is 55.5 cm³/mol. The van der Waals surface area contributed by atoms with Gasteiger partial charge in [0.25, 0.3) is 0 Å². The molecule has 16 heavy (non-hydrogen) atoms. The van der Waals surface area contributed by atoms with Crippen molar-refractivity contribution in [2.45, 2.75) is 26.4 Å². The zero-order chi connectivity index (χ0) is 12.0. The Morgan fingerprint density at radius 2 is 1.75 bits per heavy atom. The van der Waals surface area contributed by atoms with Crippen molar-refractivity contribution in [1.29, 1.82) is 0 Å². The van der Waals surface area contributed by atoms with Crippen LogP contribution in [0.4, 0.5) is 4.79 Å². The van der Waals surface area contributed by atoms with E-state index in [2.05, 4.69) is 9.93 Å². The zero-order valence-corrected chi connectivity index (χ0v) is 9.43. The first-order valence-corrected chi connectivity index (χ1v) is 4.76. The molecule has 5 nitrogen and oxygen atoms in total. The Kier molecular flexibility index (Phi) is 4.28. The summed E-state index contributed by atoms with van der Waals surface area (Å²) in [7, 11) is 0. The lowest BCUT2D eigenvalue weighted by Crippen LogP contribution is -2.21. The van der Waals surface area contributed by atoms with E-state index < -0.39 is 11.8 Å². The van der Waals surface area contributed by atoms with E-state index in [4.69, 9.17) is 9.62 Å². The quantitative estimate of drug-likeness (QED) is 0.343. The fourth-order valence-corrected chi connectivity index (χ4v) is 0.749. The van der Waals surface area contributed by atoms with Crippen LogP contribution in [-0.2, 0) is 14.8 Å². The summed E-state index contributed by atoms with van der Waals surface area (Å²) in [5, 5.41) is 4.26. The van der Waals surface area contributed by atoms with Gasteiger partial charge in [-0.05, 0) is 37.9 Å². The van der Waals surface area contributed by atoms with Gasteiger partial charge >= 0.3 is 6.16 Å². The third kappa shape index (κ3) is 5.33. The van der Waals surface area contributed by atoms with Gasteiger partial charge in [0, 0.05) is 0 Å². The lowest BCUT2D eigenvalue weighted by Gasteiger charge is -2.14. The molecule has 0 aliphatic rings. The molecular formula is C11H14O5. The summed E-state index contributed by atoms with van der Waals surface area (Å²) in [6.07, 6.45) is -0.990. The highest BCUT2D eigenvalue weighted by molar-refractivity contribution is 5.62. The minimum Gasteiger partial charge on any atom is -0.393 e. The summed E-state index contributed by atoms with van der Waals surface area (Å²) in [5.74, 6) is 0.367. The summed E-state index contributed by atoms with van der Waals surface area (Å²) in [6.45, 7) is 5.25. The van der Waals surface area contributed by atoms with Crippen LogP contribution in [0.1, 0.15) is 20.8 Å². The van der Waals surface area contributed by atoms with Gasteiger partial charge < -0.3 is 4.74 Å². The van der Waals surface area contributed by atoms with E-state index in [-0.39, 0.29) is 0 Å². The van der Waals surface area contributed by atoms with E-state index in [9.17, 15) is 4.79 Å². The van der Waals surface area contributed by atoms with Crippen molar-refractivity contribution in [3.63, 3.8) is 0 Å². The van der Waals surface area contributed by atoms with Gasteiger partial charge in [-0.3, -0.25) is 0 Å². The van der Waals surface area contributed by atoms with Crippen LogP contribution in [0.25, 0.3) is 0 Å². The maximum atomic E-state index is 11.0. The van der Waals surface area contributed by atoms with Crippen LogP contribution in [0.2, 0.25) is 0 Å². The third-order valence-electron chi connectivity index (χ3n) is 1.33. The summed E-state index contributed by atoms with van der Waals surface area (Å²) < 4.78 is 4.76. The second-order valence-electron chi connectivity index (χ2n) is 4.01. The predicted octanol–water partition coefficient (Wildman–Crippen LogP) is 2.86. The van der Waals surface area contributed by atoms with E-state index in [1.54, 1.807) is 51.1 Å². The standard InChI is InChI=1S/C11H14O5/c1-11(2,3)15-16-14-10(12)13-9-7-5-4-6-8-9/h4-8H,1-3H3. The summed E-state index contributed by atoms with van der Waals surface area (Å²) >= 11 is 0. The van der Waals surface area contributed by atoms with E-state index in [1.165, 1.54) is 0 Å². The minimum absolute atomic E-state index is 0.367. The number of benzene rings is 1. The molecule has 0 aromatic heterocycles. The molecule has 0 saturated carbocycles. The number of hydrogen-bond donors (Lipinski definition) is 0. The van der Waals surface area contributed by atoms with Crippen LogP contribution in [0.3, 0.4) is 0 Å². The van der Waals surface area contributed by atoms with E-state index in [1.807, 2.05) is 0 Å². The Bertz CT molecular complexity index is 328. The fraction of sp³-hybridized carbons (Fsp3) is 0.364. The van der Waals surface area contributed by atoms with Crippen molar-refractivity contribution in [2.75, 3.05) is 0 Å².